The van der Waals surface area contributed by atoms with Crippen LogP contribution in [-0.4, -0.2) is 40.2 Å². The lowest BCUT2D eigenvalue weighted by atomic mass is 10.0. The second-order valence-corrected chi connectivity index (χ2v) is 11.1. The van der Waals surface area contributed by atoms with Crippen molar-refractivity contribution < 1.29 is 14.3 Å². The van der Waals surface area contributed by atoms with Crippen molar-refractivity contribution in [3.05, 3.63) is 63.1 Å². The molecule has 2 aliphatic heterocycles. The minimum absolute atomic E-state index is 0.00284. The SMILES string of the molecule is Cc1ccc(C(C)C)c(OCCOc2ccc(Br)cc2/C=C2/C(=N)N3N=C(C(C)C)SC3=NC2=O)c1. The first kappa shape index (κ1) is 26.2. The van der Waals surface area contributed by atoms with Crippen LogP contribution in [0.25, 0.3) is 6.08 Å². The number of hydrogen-bond acceptors (Lipinski definition) is 6. The van der Waals surface area contributed by atoms with E-state index in [1.54, 1.807) is 6.08 Å². The van der Waals surface area contributed by atoms with Crippen LogP contribution < -0.4 is 9.47 Å². The normalized spacial score (nSPS) is 16.6. The van der Waals surface area contributed by atoms with E-state index in [4.69, 9.17) is 14.9 Å². The van der Waals surface area contributed by atoms with Gasteiger partial charge in [0.05, 0.1) is 5.57 Å². The minimum Gasteiger partial charge on any atom is -0.490 e. The zero-order valence-electron chi connectivity index (χ0n) is 21.0. The summed E-state index contributed by atoms with van der Waals surface area (Å²) in [5.74, 6) is 1.53. The molecule has 0 radical (unpaired) electrons. The highest BCUT2D eigenvalue weighted by Gasteiger charge is 2.36. The highest BCUT2D eigenvalue weighted by atomic mass is 79.9. The molecule has 2 heterocycles. The molecule has 0 fully saturated rings. The van der Waals surface area contributed by atoms with Crippen molar-refractivity contribution in [3.8, 4) is 11.5 Å². The Labute approximate surface area is 224 Å². The van der Waals surface area contributed by atoms with E-state index in [2.05, 4.69) is 52.0 Å². The molecule has 0 spiro atoms. The number of amidine groups is 2. The van der Waals surface area contributed by atoms with Gasteiger partial charge in [-0.15, -0.1) is 0 Å². The molecule has 9 heteroatoms. The Morgan fingerprint density at radius 1 is 1.06 bits per heavy atom. The molecule has 0 saturated heterocycles. The number of hydrogen-bond donors (Lipinski definition) is 1. The summed E-state index contributed by atoms with van der Waals surface area (Å²) in [7, 11) is 0. The van der Waals surface area contributed by atoms with Gasteiger partial charge in [-0.2, -0.15) is 15.1 Å². The van der Waals surface area contributed by atoms with Crippen LogP contribution in [0, 0.1) is 18.3 Å². The average Bonchev–Trinajstić information content (AvgIpc) is 3.25. The van der Waals surface area contributed by atoms with E-state index in [1.165, 1.54) is 16.8 Å². The molecule has 4 rings (SSSR count). The van der Waals surface area contributed by atoms with Crippen molar-refractivity contribution in [2.45, 2.75) is 40.5 Å². The van der Waals surface area contributed by atoms with Crippen LogP contribution in [0.5, 0.6) is 11.5 Å². The van der Waals surface area contributed by atoms with Gasteiger partial charge in [0.2, 0.25) is 5.17 Å². The predicted molar refractivity (Wildman–Crippen MR) is 150 cm³/mol. The summed E-state index contributed by atoms with van der Waals surface area (Å²) < 4.78 is 12.9. The number of benzene rings is 2. The number of carbonyl (C=O) groups is 1. The summed E-state index contributed by atoms with van der Waals surface area (Å²) in [5, 5.41) is 15.8. The number of ether oxygens (including phenoxy) is 2. The summed E-state index contributed by atoms with van der Waals surface area (Å²) in [4.78, 5) is 17.0. The predicted octanol–water partition coefficient (Wildman–Crippen LogP) is 6.61. The van der Waals surface area contributed by atoms with Crippen LogP contribution in [-0.2, 0) is 4.79 Å². The number of fused-ring (bicyclic) bond motifs is 1. The van der Waals surface area contributed by atoms with Gasteiger partial charge in [0.25, 0.3) is 5.91 Å². The largest absolute Gasteiger partial charge is 0.490 e. The van der Waals surface area contributed by atoms with Crippen molar-refractivity contribution in [2.75, 3.05) is 13.2 Å². The number of nitrogens with zero attached hydrogens (tertiary/aromatic N) is 3. The third-order valence-electron chi connectivity index (χ3n) is 5.63. The van der Waals surface area contributed by atoms with Crippen LogP contribution in [0.2, 0.25) is 0 Å². The van der Waals surface area contributed by atoms with Crippen molar-refractivity contribution in [1.82, 2.24) is 5.01 Å². The Bertz CT molecular complexity index is 1300. The molecule has 1 N–H and O–H groups in total. The average molecular weight is 570 g/mol. The second-order valence-electron chi connectivity index (χ2n) is 9.19. The maximum Gasteiger partial charge on any atom is 0.283 e. The van der Waals surface area contributed by atoms with Gasteiger partial charge in [0.15, 0.2) is 5.84 Å². The summed E-state index contributed by atoms with van der Waals surface area (Å²) in [5.41, 5.74) is 3.12. The second kappa shape index (κ2) is 11.0. The Morgan fingerprint density at radius 3 is 2.47 bits per heavy atom. The van der Waals surface area contributed by atoms with Gasteiger partial charge in [0.1, 0.15) is 29.8 Å². The lowest BCUT2D eigenvalue weighted by Crippen LogP contribution is -2.35. The Hall–Kier alpha value is -2.91. The molecule has 0 bridgehead atoms. The maximum atomic E-state index is 12.8. The van der Waals surface area contributed by atoms with Crippen molar-refractivity contribution >= 4 is 55.7 Å². The third-order valence-corrected chi connectivity index (χ3v) is 7.33. The van der Waals surface area contributed by atoms with Crippen molar-refractivity contribution in [3.63, 3.8) is 0 Å². The first-order valence-corrected chi connectivity index (χ1v) is 13.4. The van der Waals surface area contributed by atoms with Crippen LogP contribution in [0.15, 0.2) is 56.5 Å². The Balaban J connectivity index is 1.51. The van der Waals surface area contributed by atoms with Gasteiger partial charge >= 0.3 is 0 Å². The quantitative estimate of drug-likeness (QED) is 0.286. The Kier molecular flexibility index (Phi) is 8.00. The number of halogens is 1. The number of aryl methyl sites for hydroxylation is 1. The van der Waals surface area contributed by atoms with Crippen molar-refractivity contribution in [1.29, 1.82) is 5.41 Å². The molecule has 2 aliphatic rings. The number of amides is 1. The van der Waals surface area contributed by atoms with E-state index in [0.29, 0.717) is 35.6 Å². The van der Waals surface area contributed by atoms with E-state index < -0.39 is 5.91 Å². The summed E-state index contributed by atoms with van der Waals surface area (Å²) >= 11 is 4.82. The molecule has 2 aromatic rings. The molecule has 36 heavy (non-hydrogen) atoms. The fraction of sp³-hybridized carbons (Fsp3) is 0.333. The molecule has 188 valence electrons. The molecule has 0 atom stereocenters. The van der Waals surface area contributed by atoms with E-state index in [0.717, 1.165) is 26.4 Å². The van der Waals surface area contributed by atoms with E-state index >= 15 is 0 Å². The van der Waals surface area contributed by atoms with Crippen LogP contribution in [0.3, 0.4) is 0 Å². The van der Waals surface area contributed by atoms with Gasteiger partial charge < -0.3 is 9.47 Å². The number of carbonyl (C=O) groups excluding carboxylic acids is 1. The molecule has 7 nitrogen and oxygen atoms in total. The highest BCUT2D eigenvalue weighted by molar-refractivity contribution is 9.10. The van der Waals surface area contributed by atoms with Gasteiger partial charge in [-0.1, -0.05) is 55.8 Å². The molecule has 1 amide bonds. The standard InChI is InChI=1S/C27H29BrN4O3S/c1-15(2)20-8-6-17(5)12-23(20)35-11-10-34-22-9-7-19(28)13-18(22)14-21-24(29)32-27(30-25(21)33)36-26(31-32)16(3)4/h6-9,12-16,29H,10-11H2,1-5H3/b21-14-,29-24?. The van der Waals surface area contributed by atoms with E-state index in [1.807, 2.05) is 45.0 Å². The summed E-state index contributed by atoms with van der Waals surface area (Å²) in [6.45, 7) is 11.1. The number of thioether (sulfide) groups is 1. The first-order valence-electron chi connectivity index (χ1n) is 11.8. The monoisotopic (exact) mass is 568 g/mol. The zero-order valence-corrected chi connectivity index (χ0v) is 23.4. The number of aliphatic imine (C=N–C) groups is 1. The number of rotatable bonds is 8. The molecule has 2 aromatic carbocycles. The van der Waals surface area contributed by atoms with Gasteiger partial charge in [0, 0.05) is 16.0 Å². The molecule has 0 aromatic heterocycles. The molecule has 0 unspecified atom stereocenters. The van der Waals surface area contributed by atoms with E-state index in [9.17, 15) is 4.79 Å². The van der Waals surface area contributed by atoms with Crippen LogP contribution in [0.1, 0.15) is 50.3 Å². The lowest BCUT2D eigenvalue weighted by molar-refractivity contribution is -0.114. The van der Waals surface area contributed by atoms with Crippen molar-refractivity contribution in [2.24, 2.45) is 16.0 Å². The molecular weight excluding hydrogens is 540 g/mol. The summed E-state index contributed by atoms with van der Waals surface area (Å²) in [6.07, 6.45) is 1.64. The fourth-order valence-corrected chi connectivity index (χ4v) is 4.98. The lowest BCUT2D eigenvalue weighted by Gasteiger charge is -2.20. The van der Waals surface area contributed by atoms with Gasteiger partial charge in [-0.05, 0) is 66.1 Å². The smallest absolute Gasteiger partial charge is 0.283 e. The number of nitrogens with one attached hydrogen (secondary N) is 1. The molecule has 0 saturated carbocycles. The number of hydrazone groups is 1. The third kappa shape index (κ3) is 5.73. The van der Waals surface area contributed by atoms with Gasteiger partial charge in [-0.25, -0.2) is 0 Å². The molecular formula is C27H29BrN4O3S. The molecule has 0 aliphatic carbocycles. The van der Waals surface area contributed by atoms with E-state index in [-0.39, 0.29) is 17.3 Å². The van der Waals surface area contributed by atoms with Gasteiger partial charge in [-0.3, -0.25) is 10.2 Å². The maximum absolute atomic E-state index is 12.8. The fourth-order valence-electron chi connectivity index (χ4n) is 3.71. The zero-order chi connectivity index (χ0) is 26.0. The summed E-state index contributed by atoms with van der Waals surface area (Å²) in [6, 6.07) is 11.8. The van der Waals surface area contributed by atoms with Crippen LogP contribution >= 0.6 is 27.7 Å². The topological polar surface area (TPSA) is 87.3 Å². The first-order chi connectivity index (χ1) is 17.1. The Morgan fingerprint density at radius 2 is 1.78 bits per heavy atom. The highest BCUT2D eigenvalue weighted by Crippen LogP contribution is 2.33. The van der Waals surface area contributed by atoms with Crippen LogP contribution in [0.4, 0.5) is 0 Å². The minimum atomic E-state index is -0.464.